The highest BCUT2D eigenvalue weighted by molar-refractivity contribution is 7.80. The summed E-state index contributed by atoms with van der Waals surface area (Å²) in [5.41, 5.74) is 7.19. The SMILES string of the molecule is COc1cc([N+](=O)[O-])ccc1-n1c(C)cc([C@@H]2[C@@H](c3ccccn3)NC(=S)N2CCC(=O)Nc2cc(C)ccc2C)c1C. The van der Waals surface area contributed by atoms with Crippen molar-refractivity contribution in [1.29, 1.82) is 0 Å². The van der Waals surface area contributed by atoms with Gasteiger partial charge in [-0.1, -0.05) is 18.2 Å². The van der Waals surface area contributed by atoms with Crippen molar-refractivity contribution in [1.82, 2.24) is 19.8 Å². The molecular weight excluding hydrogens is 564 g/mol. The molecule has 1 amide bonds. The van der Waals surface area contributed by atoms with Crippen molar-refractivity contribution in [2.75, 3.05) is 19.0 Å². The minimum absolute atomic E-state index is 0.0471. The molecule has 1 fully saturated rings. The number of aryl methyl sites for hydroxylation is 3. The second-order valence-corrected chi connectivity index (χ2v) is 11.1. The number of non-ortho nitro benzene ring substituents is 1. The Hall–Kier alpha value is -4.77. The van der Waals surface area contributed by atoms with Gasteiger partial charge >= 0.3 is 0 Å². The molecule has 43 heavy (non-hydrogen) atoms. The molecule has 222 valence electrons. The summed E-state index contributed by atoms with van der Waals surface area (Å²) in [5, 5.41) is 18.4. The van der Waals surface area contributed by atoms with Gasteiger partial charge in [0.05, 0.1) is 41.6 Å². The van der Waals surface area contributed by atoms with Crippen molar-refractivity contribution in [3.05, 3.63) is 111 Å². The van der Waals surface area contributed by atoms with E-state index in [-0.39, 0.29) is 30.1 Å². The minimum atomic E-state index is -0.440. The zero-order valence-electron chi connectivity index (χ0n) is 24.7. The fourth-order valence-corrected chi connectivity index (χ4v) is 6.04. The first-order valence-corrected chi connectivity index (χ1v) is 14.4. The van der Waals surface area contributed by atoms with Crippen LogP contribution in [0, 0.1) is 37.8 Å². The van der Waals surface area contributed by atoms with Crippen LogP contribution in [0.4, 0.5) is 11.4 Å². The quantitative estimate of drug-likeness (QED) is 0.137. The van der Waals surface area contributed by atoms with Gasteiger partial charge in [0.15, 0.2) is 5.11 Å². The van der Waals surface area contributed by atoms with E-state index in [1.54, 1.807) is 12.3 Å². The highest BCUT2D eigenvalue weighted by atomic mass is 32.1. The number of hydrogen-bond donors (Lipinski definition) is 2. The maximum absolute atomic E-state index is 13.1. The first kappa shape index (κ1) is 29.7. The van der Waals surface area contributed by atoms with E-state index in [1.807, 2.05) is 68.7 Å². The molecule has 5 rings (SSSR count). The number of carbonyl (C=O) groups excluding carboxylic acids is 1. The summed E-state index contributed by atoms with van der Waals surface area (Å²) in [6.45, 7) is 8.34. The van der Waals surface area contributed by atoms with Gasteiger partial charge in [0.2, 0.25) is 5.91 Å². The molecule has 3 heterocycles. The Bertz CT molecular complexity index is 1700. The number of rotatable bonds is 9. The standard InChI is InChI=1S/C32H34N6O4S/c1-19-9-10-20(2)26(16-19)34-29(39)13-15-36-31(30(35-32(36)43)25-8-6-7-14-33-25)24-17-21(3)37(22(24)4)27-12-11-23(38(40)41)18-28(27)42-5/h6-12,14,16-18,30-31H,13,15H2,1-5H3,(H,34,39)(H,35,43)/t30-,31-/m1/s1. The maximum Gasteiger partial charge on any atom is 0.273 e. The molecule has 1 saturated heterocycles. The third-order valence-corrected chi connectivity index (χ3v) is 8.20. The normalized spacial score (nSPS) is 16.2. The van der Waals surface area contributed by atoms with E-state index in [0.717, 1.165) is 39.5 Å². The highest BCUT2D eigenvalue weighted by Gasteiger charge is 2.41. The van der Waals surface area contributed by atoms with Crippen LogP contribution in [0.15, 0.2) is 66.9 Å². The molecular formula is C32H34N6O4S. The average molecular weight is 599 g/mol. The lowest BCUT2D eigenvalue weighted by Gasteiger charge is -2.28. The van der Waals surface area contributed by atoms with Gasteiger partial charge in [-0.05, 0) is 86.9 Å². The van der Waals surface area contributed by atoms with Crippen LogP contribution in [-0.2, 0) is 4.79 Å². The topological polar surface area (TPSA) is 115 Å². The van der Waals surface area contributed by atoms with Crippen LogP contribution in [-0.4, -0.2) is 44.0 Å². The van der Waals surface area contributed by atoms with Gasteiger partial charge in [0, 0.05) is 42.3 Å². The summed E-state index contributed by atoms with van der Waals surface area (Å²) >= 11 is 5.83. The van der Waals surface area contributed by atoms with Gasteiger partial charge in [-0.3, -0.25) is 19.9 Å². The van der Waals surface area contributed by atoms with Crippen molar-refractivity contribution in [3.63, 3.8) is 0 Å². The lowest BCUT2D eigenvalue weighted by molar-refractivity contribution is -0.384. The molecule has 0 spiro atoms. The summed E-state index contributed by atoms with van der Waals surface area (Å²) < 4.78 is 7.60. The van der Waals surface area contributed by atoms with E-state index in [0.29, 0.717) is 23.1 Å². The number of benzene rings is 2. The predicted octanol–water partition coefficient (Wildman–Crippen LogP) is 6.02. The van der Waals surface area contributed by atoms with Gasteiger partial charge in [-0.15, -0.1) is 0 Å². The van der Waals surface area contributed by atoms with Gasteiger partial charge in [0.25, 0.3) is 5.69 Å². The Morgan fingerprint density at radius 3 is 2.60 bits per heavy atom. The molecule has 1 aliphatic rings. The first-order chi connectivity index (χ1) is 20.6. The third-order valence-electron chi connectivity index (χ3n) is 7.85. The number of carbonyl (C=O) groups is 1. The number of anilines is 1. The average Bonchev–Trinajstić information content (AvgIpc) is 3.47. The van der Waals surface area contributed by atoms with Crippen molar-refractivity contribution >= 4 is 34.6 Å². The number of nitrogens with one attached hydrogen (secondary N) is 2. The fraction of sp³-hybridized carbons (Fsp3) is 0.281. The third kappa shape index (κ3) is 5.94. The molecule has 2 aromatic carbocycles. The number of thiocarbonyl (C=S) groups is 1. The summed E-state index contributed by atoms with van der Waals surface area (Å²) in [7, 11) is 1.50. The Kier molecular flexibility index (Phi) is 8.45. The molecule has 2 N–H and O–H groups in total. The number of ether oxygens (including phenoxy) is 1. The van der Waals surface area contributed by atoms with E-state index in [1.165, 1.54) is 19.2 Å². The minimum Gasteiger partial charge on any atom is -0.494 e. The number of methoxy groups -OCH3 is 1. The number of hydrogen-bond acceptors (Lipinski definition) is 6. The van der Waals surface area contributed by atoms with Crippen molar-refractivity contribution in [3.8, 4) is 11.4 Å². The Morgan fingerprint density at radius 2 is 1.91 bits per heavy atom. The molecule has 0 saturated carbocycles. The second-order valence-electron chi connectivity index (χ2n) is 10.7. The van der Waals surface area contributed by atoms with Gasteiger partial charge in [-0.2, -0.15) is 0 Å². The van der Waals surface area contributed by atoms with Gasteiger partial charge in [-0.25, -0.2) is 0 Å². The van der Waals surface area contributed by atoms with Crippen LogP contribution in [0.5, 0.6) is 5.75 Å². The molecule has 0 radical (unpaired) electrons. The fourth-order valence-electron chi connectivity index (χ4n) is 5.71. The van der Waals surface area contributed by atoms with Crippen molar-refractivity contribution in [2.45, 2.75) is 46.2 Å². The number of nitrogens with zero attached hydrogens (tertiary/aromatic N) is 4. The number of amides is 1. The Labute approximate surface area is 255 Å². The summed E-state index contributed by atoms with van der Waals surface area (Å²) in [6, 6.07) is 17.9. The number of pyridine rings is 1. The van der Waals surface area contributed by atoms with E-state index in [2.05, 4.69) is 26.6 Å². The maximum atomic E-state index is 13.1. The molecule has 2 aromatic heterocycles. The Balaban J connectivity index is 1.50. The summed E-state index contributed by atoms with van der Waals surface area (Å²) in [6.07, 6.45) is 1.98. The van der Waals surface area contributed by atoms with E-state index in [9.17, 15) is 14.9 Å². The highest BCUT2D eigenvalue weighted by Crippen LogP contribution is 2.42. The molecule has 11 heteroatoms. The predicted molar refractivity (Wildman–Crippen MR) is 170 cm³/mol. The van der Waals surface area contributed by atoms with E-state index >= 15 is 0 Å². The van der Waals surface area contributed by atoms with Crippen LogP contribution in [0.3, 0.4) is 0 Å². The zero-order valence-corrected chi connectivity index (χ0v) is 25.6. The van der Waals surface area contributed by atoms with Crippen LogP contribution in [0.1, 0.15) is 52.3 Å². The first-order valence-electron chi connectivity index (χ1n) is 14.0. The largest absolute Gasteiger partial charge is 0.494 e. The van der Waals surface area contributed by atoms with Crippen LogP contribution >= 0.6 is 12.2 Å². The molecule has 1 aliphatic heterocycles. The van der Waals surface area contributed by atoms with Crippen LogP contribution in [0.2, 0.25) is 0 Å². The lowest BCUT2D eigenvalue weighted by Crippen LogP contribution is -2.33. The lowest BCUT2D eigenvalue weighted by atomic mass is 9.96. The molecule has 4 aromatic rings. The summed E-state index contributed by atoms with van der Waals surface area (Å²) in [4.78, 5) is 30.7. The summed E-state index contributed by atoms with van der Waals surface area (Å²) in [5.74, 6) is 0.293. The smallest absolute Gasteiger partial charge is 0.273 e. The number of nitro groups is 1. The number of nitro benzene ring substituents is 1. The van der Waals surface area contributed by atoms with Gasteiger partial charge in [0.1, 0.15) is 5.75 Å². The van der Waals surface area contributed by atoms with Gasteiger partial charge < -0.3 is 24.8 Å². The number of aromatic nitrogens is 2. The van der Waals surface area contributed by atoms with E-state index < -0.39 is 4.92 Å². The zero-order chi connectivity index (χ0) is 30.8. The Morgan fingerprint density at radius 1 is 1.12 bits per heavy atom. The molecule has 10 nitrogen and oxygen atoms in total. The van der Waals surface area contributed by atoms with Crippen molar-refractivity contribution in [2.24, 2.45) is 0 Å². The molecule has 2 atom stereocenters. The second kappa shape index (κ2) is 12.2. The monoisotopic (exact) mass is 598 g/mol. The van der Waals surface area contributed by atoms with Crippen LogP contribution < -0.4 is 15.4 Å². The molecule has 0 unspecified atom stereocenters. The van der Waals surface area contributed by atoms with E-state index in [4.69, 9.17) is 17.0 Å². The van der Waals surface area contributed by atoms with Crippen molar-refractivity contribution < 1.29 is 14.5 Å². The molecule has 0 bridgehead atoms. The van der Waals surface area contributed by atoms with Crippen LogP contribution in [0.25, 0.3) is 5.69 Å². The molecule has 0 aliphatic carbocycles.